The van der Waals surface area contributed by atoms with E-state index < -0.39 is 0 Å². The van der Waals surface area contributed by atoms with Crippen LogP contribution in [0.3, 0.4) is 0 Å². The number of nitrogens with one attached hydrogen (secondary N) is 1. The first-order chi connectivity index (χ1) is 6.09. The summed E-state index contributed by atoms with van der Waals surface area (Å²) < 4.78 is 0. The molecule has 1 rings (SSSR count). The van der Waals surface area contributed by atoms with Crippen molar-refractivity contribution >= 4 is 17.5 Å². The molecule has 1 aliphatic rings. The molecule has 0 aromatic heterocycles. The van der Waals surface area contributed by atoms with Gasteiger partial charge in [-0.25, -0.2) is 0 Å². The largest absolute Gasteiger partial charge is 0.353 e. The van der Waals surface area contributed by atoms with Crippen LogP contribution in [0.2, 0.25) is 0 Å². The van der Waals surface area contributed by atoms with E-state index in [2.05, 4.69) is 5.32 Å². The highest BCUT2D eigenvalue weighted by Crippen LogP contribution is 2.26. The highest BCUT2D eigenvalue weighted by atomic mass is 35.5. The molecular formula is C10H18ClNO. The minimum absolute atomic E-state index is 0.136. The number of amides is 1. The summed E-state index contributed by atoms with van der Waals surface area (Å²) in [6.45, 7) is 3.96. The van der Waals surface area contributed by atoms with Crippen molar-refractivity contribution in [3.63, 3.8) is 0 Å². The average Bonchev–Trinajstić information content (AvgIpc) is 1.78. The maximum absolute atomic E-state index is 11.5. The van der Waals surface area contributed by atoms with Gasteiger partial charge in [-0.05, 0) is 33.1 Å². The van der Waals surface area contributed by atoms with Crippen molar-refractivity contribution < 1.29 is 4.79 Å². The summed E-state index contributed by atoms with van der Waals surface area (Å²) in [4.78, 5) is 11.5. The Morgan fingerprint density at radius 1 is 1.54 bits per heavy atom. The van der Waals surface area contributed by atoms with E-state index >= 15 is 0 Å². The molecule has 0 saturated heterocycles. The van der Waals surface area contributed by atoms with Crippen LogP contribution in [0.25, 0.3) is 0 Å². The van der Waals surface area contributed by atoms with Crippen molar-refractivity contribution in [2.75, 3.05) is 0 Å². The molecule has 2 unspecified atom stereocenters. The van der Waals surface area contributed by atoms with E-state index in [0.29, 0.717) is 0 Å². The molecule has 0 spiro atoms. The molecule has 2 atom stereocenters. The lowest BCUT2D eigenvalue weighted by Crippen LogP contribution is -2.40. The zero-order valence-electron chi connectivity index (χ0n) is 8.35. The summed E-state index contributed by atoms with van der Waals surface area (Å²) in [5, 5.41) is 3.13. The van der Waals surface area contributed by atoms with Gasteiger partial charge in [-0.1, -0.05) is 6.42 Å². The zero-order valence-corrected chi connectivity index (χ0v) is 9.10. The molecule has 0 aromatic carbocycles. The molecule has 0 aliphatic heterocycles. The van der Waals surface area contributed by atoms with Crippen LogP contribution in [-0.4, -0.2) is 17.3 Å². The molecule has 1 N–H and O–H groups in total. The van der Waals surface area contributed by atoms with Gasteiger partial charge in [-0.15, -0.1) is 11.6 Å². The SMILES string of the molecule is CC(Cl)CC(C)NC(=O)C1CCC1. The number of carbonyl (C=O) groups is 1. The summed E-state index contributed by atoms with van der Waals surface area (Å²) in [5.41, 5.74) is 0. The third-order valence-electron chi connectivity index (χ3n) is 2.54. The number of halogens is 1. The predicted octanol–water partition coefficient (Wildman–Crippen LogP) is 2.31. The van der Waals surface area contributed by atoms with Gasteiger partial charge < -0.3 is 5.32 Å². The summed E-state index contributed by atoms with van der Waals surface area (Å²) in [6, 6.07) is 0.209. The summed E-state index contributed by atoms with van der Waals surface area (Å²) >= 11 is 5.83. The molecule has 0 heterocycles. The van der Waals surface area contributed by atoms with Gasteiger partial charge in [0.2, 0.25) is 5.91 Å². The maximum Gasteiger partial charge on any atom is 0.223 e. The van der Waals surface area contributed by atoms with Gasteiger partial charge in [-0.3, -0.25) is 4.79 Å². The fraction of sp³-hybridized carbons (Fsp3) is 0.900. The van der Waals surface area contributed by atoms with E-state index in [4.69, 9.17) is 11.6 Å². The lowest BCUT2D eigenvalue weighted by Gasteiger charge is -2.26. The van der Waals surface area contributed by atoms with Gasteiger partial charge in [0.1, 0.15) is 0 Å². The number of rotatable bonds is 4. The highest BCUT2D eigenvalue weighted by molar-refractivity contribution is 6.20. The van der Waals surface area contributed by atoms with Crippen LogP contribution in [-0.2, 0) is 4.79 Å². The molecule has 3 heteroatoms. The second-order valence-corrected chi connectivity index (χ2v) is 4.80. The van der Waals surface area contributed by atoms with Crippen LogP contribution in [0.15, 0.2) is 0 Å². The van der Waals surface area contributed by atoms with E-state index in [1.165, 1.54) is 6.42 Å². The van der Waals surface area contributed by atoms with Crippen LogP contribution in [0, 0.1) is 5.92 Å². The second-order valence-electron chi connectivity index (χ2n) is 4.05. The van der Waals surface area contributed by atoms with Crippen molar-refractivity contribution in [2.45, 2.75) is 50.9 Å². The first-order valence-electron chi connectivity index (χ1n) is 5.04. The van der Waals surface area contributed by atoms with Crippen molar-refractivity contribution in [3.8, 4) is 0 Å². The van der Waals surface area contributed by atoms with Crippen molar-refractivity contribution in [2.24, 2.45) is 5.92 Å². The van der Waals surface area contributed by atoms with E-state index in [-0.39, 0.29) is 23.2 Å². The Labute approximate surface area is 85.0 Å². The van der Waals surface area contributed by atoms with Crippen molar-refractivity contribution in [1.29, 1.82) is 0 Å². The third kappa shape index (κ3) is 3.55. The lowest BCUT2D eigenvalue weighted by atomic mass is 9.84. The number of alkyl halides is 1. The number of carbonyl (C=O) groups excluding carboxylic acids is 1. The monoisotopic (exact) mass is 203 g/mol. The third-order valence-corrected chi connectivity index (χ3v) is 2.72. The Balaban J connectivity index is 2.18. The normalized spacial score (nSPS) is 21.8. The van der Waals surface area contributed by atoms with Crippen molar-refractivity contribution in [1.82, 2.24) is 5.32 Å². The quantitative estimate of drug-likeness (QED) is 0.699. The lowest BCUT2D eigenvalue weighted by molar-refractivity contribution is -0.128. The van der Waals surface area contributed by atoms with Gasteiger partial charge in [0, 0.05) is 17.3 Å². The topological polar surface area (TPSA) is 29.1 Å². The number of hydrogen-bond acceptors (Lipinski definition) is 1. The molecule has 13 heavy (non-hydrogen) atoms. The number of hydrogen-bond donors (Lipinski definition) is 1. The average molecular weight is 204 g/mol. The van der Waals surface area contributed by atoms with Crippen LogP contribution in [0.5, 0.6) is 0 Å². The Kier molecular flexibility index (Phi) is 4.04. The molecule has 1 aliphatic carbocycles. The van der Waals surface area contributed by atoms with Gasteiger partial charge in [0.15, 0.2) is 0 Å². The first-order valence-corrected chi connectivity index (χ1v) is 5.47. The van der Waals surface area contributed by atoms with Crippen LogP contribution < -0.4 is 5.32 Å². The van der Waals surface area contributed by atoms with E-state index in [0.717, 1.165) is 19.3 Å². The van der Waals surface area contributed by atoms with Gasteiger partial charge in [-0.2, -0.15) is 0 Å². The summed E-state index contributed by atoms with van der Waals surface area (Å²) in [6.07, 6.45) is 4.18. The minimum atomic E-state index is 0.136. The Bertz CT molecular complexity index is 178. The van der Waals surface area contributed by atoms with Crippen LogP contribution >= 0.6 is 11.6 Å². The first kappa shape index (κ1) is 10.8. The van der Waals surface area contributed by atoms with E-state index in [9.17, 15) is 4.79 Å². The molecule has 0 bridgehead atoms. The van der Waals surface area contributed by atoms with Crippen molar-refractivity contribution in [3.05, 3.63) is 0 Å². The standard InChI is InChI=1S/C10H18ClNO/c1-7(11)6-8(2)12-10(13)9-4-3-5-9/h7-9H,3-6H2,1-2H3,(H,12,13). The Morgan fingerprint density at radius 3 is 2.54 bits per heavy atom. The van der Waals surface area contributed by atoms with Gasteiger partial charge in [0.25, 0.3) is 0 Å². The Morgan fingerprint density at radius 2 is 2.15 bits per heavy atom. The second kappa shape index (κ2) is 4.85. The molecule has 1 saturated carbocycles. The smallest absolute Gasteiger partial charge is 0.223 e. The molecule has 1 fully saturated rings. The zero-order chi connectivity index (χ0) is 9.84. The fourth-order valence-electron chi connectivity index (χ4n) is 1.58. The van der Waals surface area contributed by atoms with Crippen LogP contribution in [0.4, 0.5) is 0 Å². The Hall–Kier alpha value is -0.240. The predicted molar refractivity (Wildman–Crippen MR) is 54.9 cm³/mol. The van der Waals surface area contributed by atoms with Crippen LogP contribution in [0.1, 0.15) is 39.5 Å². The highest BCUT2D eigenvalue weighted by Gasteiger charge is 2.25. The molecule has 0 radical (unpaired) electrons. The maximum atomic E-state index is 11.5. The fourth-order valence-corrected chi connectivity index (χ4v) is 1.84. The van der Waals surface area contributed by atoms with Gasteiger partial charge in [0.05, 0.1) is 0 Å². The summed E-state index contributed by atoms with van der Waals surface area (Å²) in [7, 11) is 0. The van der Waals surface area contributed by atoms with Gasteiger partial charge >= 0.3 is 0 Å². The minimum Gasteiger partial charge on any atom is -0.353 e. The molecule has 76 valence electrons. The van der Waals surface area contributed by atoms with E-state index in [1.54, 1.807) is 0 Å². The van der Waals surface area contributed by atoms with E-state index in [1.807, 2.05) is 13.8 Å². The summed E-state index contributed by atoms with van der Waals surface area (Å²) in [5.74, 6) is 0.504. The molecule has 1 amide bonds. The molecule has 0 aromatic rings. The molecule has 2 nitrogen and oxygen atoms in total. The molecular weight excluding hydrogens is 186 g/mol.